The van der Waals surface area contributed by atoms with Gasteiger partial charge >= 0.3 is 12.1 Å². The molecule has 0 radical (unpaired) electrons. The highest BCUT2D eigenvalue weighted by Gasteiger charge is 2.24. The third kappa shape index (κ3) is 6.53. The number of carbonyl (C=O) groups excluding carboxylic acids is 3. The number of ketones is 1. The summed E-state index contributed by atoms with van der Waals surface area (Å²) in [6.45, 7) is 6.54. The second kappa shape index (κ2) is 8.18. The lowest BCUT2D eigenvalue weighted by molar-refractivity contribution is -0.385. The number of rotatable bonds is 6. The average molecular weight is 353 g/mol. The van der Waals surface area contributed by atoms with Crippen LogP contribution in [-0.2, 0) is 25.5 Å². The molecule has 1 rings (SSSR count). The van der Waals surface area contributed by atoms with Gasteiger partial charge in [0.15, 0.2) is 0 Å². The first kappa shape index (κ1) is 20.0. The highest BCUT2D eigenvalue weighted by molar-refractivity contribution is 6.34. The smallest absolute Gasteiger partial charge is 0.413 e. The van der Waals surface area contributed by atoms with E-state index in [1.165, 1.54) is 6.92 Å². The fourth-order valence-corrected chi connectivity index (χ4v) is 1.73. The second-order valence-corrected chi connectivity index (χ2v) is 5.90. The molecule has 0 saturated carbocycles. The number of hydrogen-bond acceptors (Lipinski definition) is 8. The molecule has 0 aliphatic rings. The summed E-state index contributed by atoms with van der Waals surface area (Å²) < 4.78 is 9.61. The second-order valence-electron chi connectivity index (χ2n) is 5.90. The Morgan fingerprint density at radius 2 is 1.96 bits per heavy atom. The van der Waals surface area contributed by atoms with Crippen LogP contribution in [0.2, 0.25) is 0 Å². The van der Waals surface area contributed by atoms with Gasteiger partial charge in [0.05, 0.1) is 18.0 Å². The van der Waals surface area contributed by atoms with Gasteiger partial charge in [-0.25, -0.2) is 14.6 Å². The maximum Gasteiger partial charge on any atom is 0.413 e. The molecule has 136 valence electrons. The van der Waals surface area contributed by atoms with Gasteiger partial charge in [-0.05, 0) is 33.8 Å². The first-order valence-electron chi connectivity index (χ1n) is 7.36. The molecule has 10 nitrogen and oxygen atoms in total. The molecule has 1 heterocycles. The van der Waals surface area contributed by atoms with Crippen molar-refractivity contribution in [3.8, 4) is 0 Å². The molecule has 25 heavy (non-hydrogen) atoms. The normalized spacial score (nSPS) is 10.7. The van der Waals surface area contributed by atoms with Crippen LogP contribution in [0.5, 0.6) is 0 Å². The van der Waals surface area contributed by atoms with Crippen LogP contribution in [0.1, 0.15) is 33.3 Å². The van der Waals surface area contributed by atoms with E-state index in [0.717, 1.165) is 12.3 Å². The molecule has 1 N–H and O–H groups in total. The summed E-state index contributed by atoms with van der Waals surface area (Å²) in [7, 11) is 0. The molecule has 0 aromatic carbocycles. The number of hydrogen-bond donors (Lipinski definition) is 1. The minimum Gasteiger partial charge on any atom is -0.460 e. The Bertz CT molecular complexity index is 695. The molecule has 0 aliphatic carbocycles. The van der Waals surface area contributed by atoms with E-state index in [4.69, 9.17) is 4.74 Å². The summed E-state index contributed by atoms with van der Waals surface area (Å²) in [5.41, 5.74) is -1.27. The van der Waals surface area contributed by atoms with Crippen LogP contribution in [0.15, 0.2) is 12.3 Å². The topological polar surface area (TPSA) is 138 Å². The summed E-state index contributed by atoms with van der Waals surface area (Å²) in [6.07, 6.45) is -0.474. The largest absolute Gasteiger partial charge is 0.460 e. The Labute approximate surface area is 143 Å². The zero-order valence-electron chi connectivity index (χ0n) is 14.3. The average Bonchev–Trinajstić information content (AvgIpc) is 2.45. The molecule has 1 aromatic heterocycles. The first-order valence-corrected chi connectivity index (χ1v) is 7.36. The number of carbonyl (C=O) groups is 3. The van der Waals surface area contributed by atoms with Gasteiger partial charge in [-0.15, -0.1) is 0 Å². The molecule has 0 unspecified atom stereocenters. The number of ether oxygens (including phenoxy) is 2. The van der Waals surface area contributed by atoms with Crippen molar-refractivity contribution in [2.24, 2.45) is 0 Å². The van der Waals surface area contributed by atoms with Gasteiger partial charge in [-0.1, -0.05) is 0 Å². The van der Waals surface area contributed by atoms with Crippen molar-refractivity contribution in [3.63, 3.8) is 0 Å². The van der Waals surface area contributed by atoms with E-state index in [1.807, 2.05) is 0 Å². The van der Waals surface area contributed by atoms with Crippen molar-refractivity contribution in [2.45, 2.75) is 39.7 Å². The molecule has 0 atom stereocenters. The Morgan fingerprint density at radius 3 is 2.48 bits per heavy atom. The van der Waals surface area contributed by atoms with Crippen molar-refractivity contribution in [1.29, 1.82) is 0 Å². The van der Waals surface area contributed by atoms with E-state index in [1.54, 1.807) is 20.8 Å². The van der Waals surface area contributed by atoms with Crippen LogP contribution >= 0.6 is 0 Å². The summed E-state index contributed by atoms with van der Waals surface area (Å²) >= 11 is 0. The van der Waals surface area contributed by atoms with E-state index >= 15 is 0 Å². The maximum absolute atomic E-state index is 11.8. The number of aromatic nitrogens is 1. The number of nitrogens with zero attached hydrogens (tertiary/aromatic N) is 2. The third-order valence-electron chi connectivity index (χ3n) is 2.65. The van der Waals surface area contributed by atoms with Gasteiger partial charge in [-0.3, -0.25) is 20.2 Å². The van der Waals surface area contributed by atoms with Gasteiger partial charge in [0.2, 0.25) is 5.78 Å². The third-order valence-corrected chi connectivity index (χ3v) is 2.65. The predicted molar refractivity (Wildman–Crippen MR) is 86.1 cm³/mol. The molecule has 1 amide bonds. The molecule has 0 bridgehead atoms. The number of Topliss-reactive ketones (excluding diaryl/α,β-unsaturated/α-hetero) is 1. The molecule has 0 aliphatic heterocycles. The standard InChI is InChI=1S/C15H19N3O7/c1-5-24-13(20)11(19)6-9-7-12(16-8-10(9)18(22)23)17-14(21)25-15(2,3)4/h7-8H,5-6H2,1-4H3,(H,16,17,21). The monoisotopic (exact) mass is 353 g/mol. The SMILES string of the molecule is CCOC(=O)C(=O)Cc1cc(NC(=O)OC(C)(C)C)ncc1[N+](=O)[O-]. The number of nitro groups is 1. The number of esters is 1. The molecule has 10 heteroatoms. The first-order chi connectivity index (χ1) is 11.5. The Kier molecular flexibility index (Phi) is 6.54. The highest BCUT2D eigenvalue weighted by atomic mass is 16.6. The van der Waals surface area contributed by atoms with Crippen LogP contribution in [0, 0.1) is 10.1 Å². The number of amides is 1. The van der Waals surface area contributed by atoms with Gasteiger partial charge in [-0.2, -0.15) is 0 Å². The Balaban J connectivity index is 3.01. The van der Waals surface area contributed by atoms with Crippen LogP contribution in [0.3, 0.4) is 0 Å². The number of nitrogens with one attached hydrogen (secondary N) is 1. The van der Waals surface area contributed by atoms with Crippen molar-refractivity contribution in [1.82, 2.24) is 4.98 Å². The van der Waals surface area contributed by atoms with Gasteiger partial charge < -0.3 is 9.47 Å². The molecular formula is C15H19N3O7. The molecule has 1 aromatic rings. The van der Waals surface area contributed by atoms with Gasteiger partial charge in [0.25, 0.3) is 5.69 Å². The number of pyridine rings is 1. The minimum atomic E-state index is -1.09. The lowest BCUT2D eigenvalue weighted by Gasteiger charge is -2.19. The lowest BCUT2D eigenvalue weighted by Crippen LogP contribution is -2.27. The van der Waals surface area contributed by atoms with E-state index in [2.05, 4.69) is 15.0 Å². The highest BCUT2D eigenvalue weighted by Crippen LogP contribution is 2.22. The maximum atomic E-state index is 11.8. The number of anilines is 1. The predicted octanol–water partition coefficient (Wildman–Crippen LogP) is 2.01. The Hall–Kier alpha value is -3.04. The van der Waals surface area contributed by atoms with Crippen LogP contribution in [0.25, 0.3) is 0 Å². The lowest BCUT2D eigenvalue weighted by atomic mass is 10.1. The van der Waals surface area contributed by atoms with E-state index in [9.17, 15) is 24.5 Å². The van der Waals surface area contributed by atoms with Gasteiger partial charge in [0.1, 0.15) is 17.6 Å². The molecule has 0 spiro atoms. The summed E-state index contributed by atoms with van der Waals surface area (Å²) in [4.78, 5) is 48.9. The fraction of sp³-hybridized carbons (Fsp3) is 0.467. The summed E-state index contributed by atoms with van der Waals surface area (Å²) in [5, 5.41) is 13.4. The van der Waals surface area contributed by atoms with Crippen molar-refractivity contribution in [2.75, 3.05) is 11.9 Å². The summed E-state index contributed by atoms with van der Waals surface area (Å²) in [6, 6.07) is 1.14. The van der Waals surface area contributed by atoms with Crippen LogP contribution in [0.4, 0.5) is 16.3 Å². The zero-order valence-corrected chi connectivity index (χ0v) is 14.3. The van der Waals surface area contributed by atoms with Crippen LogP contribution < -0.4 is 5.32 Å². The van der Waals surface area contributed by atoms with E-state index in [-0.39, 0.29) is 18.0 Å². The van der Waals surface area contributed by atoms with Crippen molar-refractivity contribution >= 4 is 29.4 Å². The fourth-order valence-electron chi connectivity index (χ4n) is 1.73. The van der Waals surface area contributed by atoms with E-state index in [0.29, 0.717) is 0 Å². The van der Waals surface area contributed by atoms with E-state index < -0.39 is 40.5 Å². The Morgan fingerprint density at radius 1 is 1.32 bits per heavy atom. The minimum absolute atomic E-state index is 0.00839. The zero-order chi connectivity index (χ0) is 19.2. The van der Waals surface area contributed by atoms with Gasteiger partial charge in [0, 0.05) is 5.56 Å². The molecular weight excluding hydrogens is 334 g/mol. The molecule has 0 fully saturated rings. The van der Waals surface area contributed by atoms with Crippen molar-refractivity contribution in [3.05, 3.63) is 27.9 Å². The quantitative estimate of drug-likeness (QED) is 0.355. The molecule has 0 saturated heterocycles. The van der Waals surface area contributed by atoms with Crippen molar-refractivity contribution < 1.29 is 28.8 Å². The van der Waals surface area contributed by atoms with Crippen LogP contribution in [-0.4, -0.2) is 40.0 Å². The summed E-state index contributed by atoms with van der Waals surface area (Å²) in [5.74, 6) is -2.08.